The van der Waals surface area contributed by atoms with Crippen molar-refractivity contribution in [2.75, 3.05) is 41.3 Å². The molecule has 0 bridgehead atoms. The highest BCUT2D eigenvalue weighted by molar-refractivity contribution is 6.31. The summed E-state index contributed by atoms with van der Waals surface area (Å²) in [5, 5.41) is 13.7. The predicted molar refractivity (Wildman–Crippen MR) is 139 cm³/mol. The van der Waals surface area contributed by atoms with Crippen molar-refractivity contribution >= 4 is 51.6 Å². The van der Waals surface area contributed by atoms with E-state index in [9.17, 15) is 14.7 Å². The van der Waals surface area contributed by atoms with Crippen LogP contribution < -0.4 is 15.1 Å². The Morgan fingerprint density at radius 2 is 1.60 bits per heavy atom. The van der Waals surface area contributed by atoms with Crippen molar-refractivity contribution in [2.45, 2.75) is 0 Å². The van der Waals surface area contributed by atoms with Crippen LogP contribution in [0.4, 0.5) is 17.2 Å². The third-order valence-electron chi connectivity index (χ3n) is 6.10. The van der Waals surface area contributed by atoms with E-state index in [0.29, 0.717) is 33.0 Å². The molecular weight excluding hydrogens is 464 g/mol. The fraction of sp³-hybridized carbons (Fsp3) is 0.148. The first kappa shape index (κ1) is 22.7. The summed E-state index contributed by atoms with van der Waals surface area (Å²) >= 11 is 5.98. The molecule has 2 heterocycles. The summed E-state index contributed by atoms with van der Waals surface area (Å²) in [6.07, 6.45) is 0. The normalized spacial score (nSPS) is 13.6. The molecule has 0 radical (unpaired) electrons. The number of carboxylic acids is 1. The number of anilines is 3. The number of hydrogen-bond donors (Lipinski definition) is 2. The van der Waals surface area contributed by atoms with Gasteiger partial charge >= 0.3 is 5.97 Å². The van der Waals surface area contributed by atoms with Gasteiger partial charge in [-0.2, -0.15) is 0 Å². The molecule has 1 aromatic heterocycles. The minimum Gasteiger partial charge on any atom is -0.478 e. The summed E-state index contributed by atoms with van der Waals surface area (Å²) in [6.45, 7) is 3.11. The standard InChI is InChI=1S/C27H23ClN4O3/c28-19-6-4-5-18(15-19)26(33)29-20-9-10-24-22(16-20)23(27(34)35)17-25(30-24)32-13-11-31(12-14-32)21-7-2-1-3-8-21/h1-10,15-17H,11-14H2,(H,29,33)(H,34,35). The fourth-order valence-corrected chi connectivity index (χ4v) is 4.48. The van der Waals surface area contributed by atoms with Gasteiger partial charge in [0.25, 0.3) is 5.91 Å². The maximum atomic E-state index is 12.6. The van der Waals surface area contributed by atoms with Gasteiger partial charge in [0.2, 0.25) is 0 Å². The summed E-state index contributed by atoms with van der Waals surface area (Å²) in [5.41, 5.74) is 2.79. The first-order chi connectivity index (χ1) is 17.0. The Morgan fingerprint density at radius 3 is 2.31 bits per heavy atom. The molecule has 8 heteroatoms. The highest BCUT2D eigenvalue weighted by Crippen LogP contribution is 2.28. The first-order valence-electron chi connectivity index (χ1n) is 11.3. The summed E-state index contributed by atoms with van der Waals surface area (Å²) in [7, 11) is 0. The summed E-state index contributed by atoms with van der Waals surface area (Å²) in [6, 6.07) is 23.6. The van der Waals surface area contributed by atoms with Crippen molar-refractivity contribution in [2.24, 2.45) is 0 Å². The Kier molecular flexibility index (Phi) is 6.25. The highest BCUT2D eigenvalue weighted by atomic mass is 35.5. The molecule has 2 N–H and O–H groups in total. The molecule has 0 unspecified atom stereocenters. The second kappa shape index (κ2) is 9.64. The van der Waals surface area contributed by atoms with E-state index in [1.165, 1.54) is 5.69 Å². The number of para-hydroxylation sites is 1. The smallest absolute Gasteiger partial charge is 0.336 e. The molecule has 1 amide bonds. The molecule has 4 aromatic rings. The first-order valence-corrected chi connectivity index (χ1v) is 11.7. The van der Waals surface area contributed by atoms with Crippen LogP contribution in [-0.2, 0) is 0 Å². The number of benzene rings is 3. The van der Waals surface area contributed by atoms with E-state index >= 15 is 0 Å². The predicted octanol–water partition coefficient (Wildman–Crippen LogP) is 5.17. The molecule has 176 valence electrons. The van der Waals surface area contributed by atoms with E-state index in [1.54, 1.807) is 48.5 Å². The second-order valence-corrected chi connectivity index (χ2v) is 8.78. The SMILES string of the molecule is O=C(Nc1ccc2nc(N3CCN(c4ccccc4)CC3)cc(C(=O)O)c2c1)c1cccc(Cl)c1. The van der Waals surface area contributed by atoms with Crippen molar-refractivity contribution in [1.29, 1.82) is 0 Å². The van der Waals surface area contributed by atoms with E-state index in [1.807, 2.05) is 18.2 Å². The lowest BCUT2D eigenvalue weighted by Gasteiger charge is -2.37. The van der Waals surface area contributed by atoms with Crippen molar-refractivity contribution in [3.8, 4) is 0 Å². The largest absolute Gasteiger partial charge is 0.478 e. The molecule has 1 saturated heterocycles. The van der Waals surface area contributed by atoms with Gasteiger partial charge in [-0.05, 0) is 54.6 Å². The third kappa shape index (κ3) is 4.90. The molecule has 3 aromatic carbocycles. The Balaban J connectivity index is 1.39. The minimum absolute atomic E-state index is 0.148. The number of halogens is 1. The molecule has 1 fully saturated rings. The van der Waals surface area contributed by atoms with E-state index in [-0.39, 0.29) is 11.5 Å². The van der Waals surface area contributed by atoms with E-state index in [0.717, 1.165) is 26.2 Å². The number of carbonyl (C=O) groups excluding carboxylic acids is 1. The van der Waals surface area contributed by atoms with Crippen LogP contribution in [0, 0.1) is 0 Å². The number of nitrogens with one attached hydrogen (secondary N) is 1. The second-order valence-electron chi connectivity index (χ2n) is 8.34. The highest BCUT2D eigenvalue weighted by Gasteiger charge is 2.21. The molecule has 1 aliphatic rings. The van der Waals surface area contributed by atoms with E-state index < -0.39 is 5.97 Å². The lowest BCUT2D eigenvalue weighted by atomic mass is 10.1. The summed E-state index contributed by atoms with van der Waals surface area (Å²) < 4.78 is 0. The van der Waals surface area contributed by atoms with Gasteiger partial charge in [0.15, 0.2) is 0 Å². The number of fused-ring (bicyclic) bond motifs is 1. The molecule has 35 heavy (non-hydrogen) atoms. The Morgan fingerprint density at radius 1 is 0.857 bits per heavy atom. The number of pyridine rings is 1. The van der Waals surface area contributed by atoms with Crippen molar-refractivity contribution < 1.29 is 14.7 Å². The van der Waals surface area contributed by atoms with Crippen LogP contribution in [0.25, 0.3) is 10.9 Å². The van der Waals surface area contributed by atoms with Gasteiger partial charge in [0, 0.05) is 53.5 Å². The van der Waals surface area contributed by atoms with Gasteiger partial charge in [-0.25, -0.2) is 9.78 Å². The van der Waals surface area contributed by atoms with E-state index in [2.05, 4.69) is 27.2 Å². The minimum atomic E-state index is -1.04. The molecule has 1 aliphatic heterocycles. The van der Waals surface area contributed by atoms with Gasteiger partial charge in [-0.15, -0.1) is 0 Å². The number of nitrogens with zero attached hydrogens (tertiary/aromatic N) is 3. The van der Waals surface area contributed by atoms with Crippen LogP contribution >= 0.6 is 11.6 Å². The molecule has 0 atom stereocenters. The van der Waals surface area contributed by atoms with E-state index in [4.69, 9.17) is 16.6 Å². The van der Waals surface area contributed by atoms with Crippen molar-refractivity contribution in [1.82, 2.24) is 4.98 Å². The Hall–Kier alpha value is -4.10. The third-order valence-corrected chi connectivity index (χ3v) is 6.33. The molecule has 7 nitrogen and oxygen atoms in total. The molecule has 0 saturated carbocycles. The Labute approximate surface area is 207 Å². The van der Waals surface area contributed by atoms with Crippen LogP contribution in [0.3, 0.4) is 0 Å². The van der Waals surface area contributed by atoms with Crippen LogP contribution in [0.5, 0.6) is 0 Å². The van der Waals surface area contributed by atoms with Gasteiger partial charge in [0.05, 0.1) is 11.1 Å². The van der Waals surface area contributed by atoms with Crippen LogP contribution in [0.15, 0.2) is 78.9 Å². The van der Waals surface area contributed by atoms with Gasteiger partial charge in [-0.1, -0.05) is 35.9 Å². The number of aromatic carboxylic acids is 1. The lowest BCUT2D eigenvalue weighted by molar-refractivity contribution is 0.0698. The van der Waals surface area contributed by atoms with Crippen LogP contribution in [0.1, 0.15) is 20.7 Å². The van der Waals surface area contributed by atoms with Gasteiger partial charge in [-0.3, -0.25) is 4.79 Å². The summed E-state index contributed by atoms with van der Waals surface area (Å²) in [5.74, 6) is -0.734. The average molecular weight is 487 g/mol. The molecule has 0 spiro atoms. The van der Waals surface area contributed by atoms with Crippen molar-refractivity contribution in [3.05, 3.63) is 95.0 Å². The number of carboxylic acid groups (broad SMARTS) is 1. The number of aromatic nitrogens is 1. The zero-order valence-corrected chi connectivity index (χ0v) is 19.6. The lowest BCUT2D eigenvalue weighted by Crippen LogP contribution is -2.46. The maximum Gasteiger partial charge on any atom is 0.336 e. The van der Waals surface area contributed by atoms with Crippen molar-refractivity contribution in [3.63, 3.8) is 0 Å². The monoisotopic (exact) mass is 486 g/mol. The fourth-order valence-electron chi connectivity index (χ4n) is 4.29. The Bertz CT molecular complexity index is 1400. The molecule has 0 aliphatic carbocycles. The molecular formula is C27H23ClN4O3. The number of piperazine rings is 1. The maximum absolute atomic E-state index is 12.6. The quantitative estimate of drug-likeness (QED) is 0.405. The topological polar surface area (TPSA) is 85.8 Å². The molecule has 5 rings (SSSR count). The van der Waals surface area contributed by atoms with Crippen LogP contribution in [-0.4, -0.2) is 48.1 Å². The van der Waals surface area contributed by atoms with Crippen LogP contribution in [0.2, 0.25) is 5.02 Å². The average Bonchev–Trinajstić information content (AvgIpc) is 2.88. The number of hydrogen-bond acceptors (Lipinski definition) is 5. The summed E-state index contributed by atoms with van der Waals surface area (Å²) in [4.78, 5) is 33.9. The van der Waals surface area contributed by atoms with Gasteiger partial charge in [0.1, 0.15) is 5.82 Å². The zero-order valence-electron chi connectivity index (χ0n) is 18.8. The number of rotatable bonds is 5. The number of carbonyl (C=O) groups is 2. The zero-order chi connectivity index (χ0) is 24.4. The van der Waals surface area contributed by atoms with Gasteiger partial charge < -0.3 is 20.2 Å². The number of amides is 1.